The summed E-state index contributed by atoms with van der Waals surface area (Å²) in [4.78, 5) is 32.9. The number of imidazole rings is 1. The summed E-state index contributed by atoms with van der Waals surface area (Å²) < 4.78 is 0. The Labute approximate surface area is 199 Å². The molecule has 5 N–H and O–H groups in total. The van der Waals surface area contributed by atoms with Gasteiger partial charge in [-0.2, -0.15) is 9.97 Å². The molecule has 4 aromatic rings. The highest BCUT2D eigenvalue weighted by molar-refractivity contribution is 6.30. The number of H-pyrrole nitrogens is 1. The maximum Gasteiger partial charge on any atom is 0.227 e. The minimum atomic E-state index is -0.117. The highest BCUT2D eigenvalue weighted by Gasteiger charge is 2.25. The number of rotatable bonds is 4. The number of nitrogens with two attached hydrogens (primary N) is 1. The number of carbonyl (C=O) groups excluding carboxylic acids is 1. The van der Waals surface area contributed by atoms with Gasteiger partial charge >= 0.3 is 0 Å². The Hall–Kier alpha value is -4.05. The molecule has 0 radical (unpaired) electrons. The molecule has 0 bridgehead atoms. The smallest absolute Gasteiger partial charge is 0.227 e. The van der Waals surface area contributed by atoms with Crippen molar-refractivity contribution < 1.29 is 15.0 Å². The van der Waals surface area contributed by atoms with Crippen molar-refractivity contribution in [1.82, 2.24) is 24.8 Å². The van der Waals surface area contributed by atoms with Crippen LogP contribution in [0.1, 0.15) is 5.56 Å². The summed E-state index contributed by atoms with van der Waals surface area (Å²) in [6.45, 7) is 2.19. The third-order valence-electron chi connectivity index (χ3n) is 5.76. The number of aromatic hydroxyl groups is 2. The molecule has 0 atom stereocenters. The van der Waals surface area contributed by atoms with E-state index in [2.05, 4.69) is 19.9 Å². The van der Waals surface area contributed by atoms with Crippen LogP contribution in [0.25, 0.3) is 22.6 Å². The number of aromatic nitrogens is 4. The number of hydrogen-bond donors (Lipinski definition) is 4. The Balaban J connectivity index is 1.35. The molecular formula is C23H22ClN7O3. The first-order chi connectivity index (χ1) is 16.4. The van der Waals surface area contributed by atoms with Crippen LogP contribution in [-0.2, 0) is 11.2 Å². The topological polar surface area (TPSA) is 144 Å². The second kappa shape index (κ2) is 8.71. The van der Waals surface area contributed by atoms with Gasteiger partial charge in [-0.25, -0.2) is 4.98 Å². The van der Waals surface area contributed by atoms with Crippen molar-refractivity contribution in [2.45, 2.75) is 6.42 Å². The molecule has 3 heterocycles. The summed E-state index contributed by atoms with van der Waals surface area (Å²) >= 11 is 6.03. The zero-order valence-corrected chi connectivity index (χ0v) is 18.8. The molecule has 0 unspecified atom stereocenters. The molecule has 174 valence electrons. The first kappa shape index (κ1) is 21.8. The fraction of sp³-hybridized carbons (Fsp3) is 0.217. The van der Waals surface area contributed by atoms with Gasteiger partial charge in [0.15, 0.2) is 11.5 Å². The van der Waals surface area contributed by atoms with Gasteiger partial charge < -0.3 is 30.7 Å². The van der Waals surface area contributed by atoms with Crippen molar-refractivity contribution in [2.24, 2.45) is 0 Å². The molecule has 0 aliphatic carbocycles. The van der Waals surface area contributed by atoms with Gasteiger partial charge in [0.1, 0.15) is 22.8 Å². The molecule has 1 aliphatic rings. The molecule has 1 fully saturated rings. The summed E-state index contributed by atoms with van der Waals surface area (Å²) in [5, 5.41) is 20.4. The van der Waals surface area contributed by atoms with Crippen LogP contribution in [0, 0.1) is 0 Å². The van der Waals surface area contributed by atoms with E-state index in [1.165, 1.54) is 12.1 Å². The summed E-state index contributed by atoms with van der Waals surface area (Å²) in [7, 11) is 0. The number of fused-ring (bicyclic) bond motifs is 1. The fourth-order valence-electron chi connectivity index (χ4n) is 4.08. The van der Waals surface area contributed by atoms with Crippen molar-refractivity contribution in [3.8, 4) is 22.9 Å². The van der Waals surface area contributed by atoms with Gasteiger partial charge in [-0.3, -0.25) is 4.79 Å². The summed E-state index contributed by atoms with van der Waals surface area (Å²) in [5.41, 5.74) is 8.18. The molecule has 2 aromatic heterocycles. The van der Waals surface area contributed by atoms with E-state index < -0.39 is 0 Å². The Morgan fingerprint density at radius 2 is 1.85 bits per heavy atom. The number of nitrogens with one attached hydrogen (secondary N) is 1. The van der Waals surface area contributed by atoms with Gasteiger partial charge in [-0.05, 0) is 29.8 Å². The molecule has 5 rings (SSSR count). The number of piperazine rings is 1. The van der Waals surface area contributed by atoms with E-state index in [9.17, 15) is 15.0 Å². The van der Waals surface area contributed by atoms with Crippen LogP contribution in [0.4, 0.5) is 11.8 Å². The molecule has 1 aliphatic heterocycles. The molecule has 2 aromatic carbocycles. The summed E-state index contributed by atoms with van der Waals surface area (Å²) in [6.07, 6.45) is 0.297. The van der Waals surface area contributed by atoms with Gasteiger partial charge in [0.05, 0.1) is 12.0 Å². The lowest BCUT2D eigenvalue weighted by atomic mass is 10.1. The number of benzene rings is 2. The molecule has 10 nitrogen and oxygen atoms in total. The third-order valence-corrected chi connectivity index (χ3v) is 6.00. The number of phenols is 2. The standard InChI is InChI=1S/C23H22ClN7O3/c24-14-3-1-2-13(10-14)11-18(34)30-6-8-31(9-7-30)22-19-21(28-23(25)29-22)27-20(26-19)16-5-4-15(32)12-17(16)33/h1-5,10,12,32-33H,6-9,11H2,(H3,25,26,27,28,29). The van der Waals surface area contributed by atoms with Crippen LogP contribution < -0.4 is 10.6 Å². The number of nitrogens with zero attached hydrogens (tertiary/aromatic N) is 5. The van der Waals surface area contributed by atoms with Crippen LogP contribution in [0.3, 0.4) is 0 Å². The van der Waals surface area contributed by atoms with Gasteiger partial charge in [-0.1, -0.05) is 23.7 Å². The lowest BCUT2D eigenvalue weighted by Crippen LogP contribution is -2.49. The number of carbonyl (C=O) groups is 1. The number of hydrogen-bond acceptors (Lipinski definition) is 8. The Morgan fingerprint density at radius 3 is 2.59 bits per heavy atom. The van der Waals surface area contributed by atoms with E-state index in [0.29, 0.717) is 66.0 Å². The first-order valence-corrected chi connectivity index (χ1v) is 11.1. The van der Waals surface area contributed by atoms with Crippen LogP contribution in [0.5, 0.6) is 11.5 Å². The molecule has 11 heteroatoms. The zero-order chi connectivity index (χ0) is 23.8. The van der Waals surface area contributed by atoms with E-state index in [4.69, 9.17) is 17.3 Å². The van der Waals surface area contributed by atoms with E-state index in [1.807, 2.05) is 21.9 Å². The lowest BCUT2D eigenvalue weighted by Gasteiger charge is -2.35. The molecule has 34 heavy (non-hydrogen) atoms. The quantitative estimate of drug-likeness (QED) is 0.349. The van der Waals surface area contributed by atoms with E-state index in [1.54, 1.807) is 18.2 Å². The third kappa shape index (κ3) is 4.27. The number of halogens is 1. The molecule has 0 saturated carbocycles. The summed E-state index contributed by atoms with van der Waals surface area (Å²) in [6, 6.07) is 11.6. The van der Waals surface area contributed by atoms with Crippen LogP contribution in [-0.4, -0.2) is 67.1 Å². The highest BCUT2D eigenvalue weighted by Crippen LogP contribution is 2.33. The monoisotopic (exact) mass is 479 g/mol. The average Bonchev–Trinajstić information content (AvgIpc) is 3.22. The second-order valence-corrected chi connectivity index (χ2v) is 8.50. The maximum atomic E-state index is 12.8. The molecule has 1 saturated heterocycles. The van der Waals surface area contributed by atoms with E-state index in [-0.39, 0.29) is 23.4 Å². The van der Waals surface area contributed by atoms with Gasteiger partial charge in [0, 0.05) is 37.3 Å². The Bertz CT molecular complexity index is 1380. The fourth-order valence-corrected chi connectivity index (χ4v) is 4.29. The van der Waals surface area contributed by atoms with Crippen molar-refractivity contribution in [2.75, 3.05) is 36.8 Å². The number of aromatic amines is 1. The van der Waals surface area contributed by atoms with E-state index in [0.717, 1.165) is 5.56 Å². The van der Waals surface area contributed by atoms with Crippen molar-refractivity contribution in [3.63, 3.8) is 0 Å². The van der Waals surface area contributed by atoms with Crippen LogP contribution in [0.2, 0.25) is 5.02 Å². The van der Waals surface area contributed by atoms with Crippen molar-refractivity contribution in [3.05, 3.63) is 53.1 Å². The number of anilines is 2. The molecule has 0 spiro atoms. The predicted octanol–water partition coefficient (Wildman–Crippen LogP) is 2.56. The number of amides is 1. The number of phenolic OH excluding ortho intramolecular Hbond substituents is 2. The van der Waals surface area contributed by atoms with Crippen molar-refractivity contribution in [1.29, 1.82) is 0 Å². The normalized spacial score (nSPS) is 14.0. The zero-order valence-electron chi connectivity index (χ0n) is 18.1. The van der Waals surface area contributed by atoms with Crippen molar-refractivity contribution >= 4 is 40.4 Å². The maximum absolute atomic E-state index is 12.8. The second-order valence-electron chi connectivity index (χ2n) is 8.07. The van der Waals surface area contributed by atoms with Gasteiger partial charge in [-0.15, -0.1) is 0 Å². The minimum absolute atomic E-state index is 0.0425. The van der Waals surface area contributed by atoms with Gasteiger partial charge in [0.2, 0.25) is 11.9 Å². The van der Waals surface area contributed by atoms with Gasteiger partial charge in [0.25, 0.3) is 0 Å². The number of nitrogen functional groups attached to an aromatic ring is 1. The largest absolute Gasteiger partial charge is 0.508 e. The Kier molecular flexibility index (Phi) is 5.58. The Morgan fingerprint density at radius 1 is 1.06 bits per heavy atom. The van der Waals surface area contributed by atoms with Crippen LogP contribution in [0.15, 0.2) is 42.5 Å². The minimum Gasteiger partial charge on any atom is -0.508 e. The molecule has 1 amide bonds. The summed E-state index contributed by atoms with van der Waals surface area (Å²) in [5.74, 6) is 0.916. The van der Waals surface area contributed by atoms with Crippen LogP contribution >= 0.6 is 11.6 Å². The average molecular weight is 480 g/mol. The lowest BCUT2D eigenvalue weighted by molar-refractivity contribution is -0.130. The molecular weight excluding hydrogens is 458 g/mol. The van der Waals surface area contributed by atoms with E-state index >= 15 is 0 Å². The SMILES string of the molecule is Nc1nc(N2CCN(C(=O)Cc3cccc(Cl)c3)CC2)c2[nH]c(-c3ccc(O)cc3O)nc2n1. The first-order valence-electron chi connectivity index (χ1n) is 10.7. The highest BCUT2D eigenvalue weighted by atomic mass is 35.5. The predicted molar refractivity (Wildman–Crippen MR) is 129 cm³/mol.